The fourth-order valence-corrected chi connectivity index (χ4v) is 1.53. The lowest BCUT2D eigenvalue weighted by Crippen LogP contribution is -2.37. The Morgan fingerprint density at radius 3 is 2.73 bits per heavy atom. The maximum atomic E-state index is 5.73. The van der Waals surface area contributed by atoms with E-state index in [1.807, 2.05) is 11.8 Å². The number of nitrogens with two attached hydrogens (primary N) is 1. The standard InChI is InChI=1S/C10H21N3S.HI/c1-8(14-2)6-12-10(11)13-7-9-4-3-5-9;/h8-9H,3-7H2,1-2H3,(H3,11,12,13);1H. The zero-order valence-electron chi connectivity index (χ0n) is 9.53. The predicted octanol–water partition coefficient (Wildman–Crippen LogP) is 2.06. The van der Waals surface area contributed by atoms with Gasteiger partial charge in [-0.25, -0.2) is 0 Å². The van der Waals surface area contributed by atoms with Gasteiger partial charge in [-0.3, -0.25) is 4.99 Å². The number of nitrogens with zero attached hydrogens (tertiary/aromatic N) is 1. The molecule has 0 amide bonds. The molecule has 1 atom stereocenters. The third-order valence-corrected chi connectivity index (χ3v) is 3.67. The van der Waals surface area contributed by atoms with Gasteiger partial charge >= 0.3 is 0 Å². The van der Waals surface area contributed by atoms with E-state index in [0.29, 0.717) is 11.2 Å². The fraction of sp³-hybridized carbons (Fsp3) is 0.900. The van der Waals surface area contributed by atoms with Crippen LogP contribution < -0.4 is 11.1 Å². The zero-order valence-corrected chi connectivity index (χ0v) is 12.7. The van der Waals surface area contributed by atoms with Gasteiger partial charge in [-0.2, -0.15) is 11.8 Å². The minimum absolute atomic E-state index is 0. The summed E-state index contributed by atoms with van der Waals surface area (Å²) in [5, 5.41) is 3.74. The predicted molar refractivity (Wildman–Crippen MR) is 80.2 cm³/mol. The van der Waals surface area contributed by atoms with Crippen molar-refractivity contribution in [3.63, 3.8) is 0 Å². The molecular weight excluding hydrogens is 321 g/mol. The first kappa shape index (κ1) is 15.3. The normalized spacial score (nSPS) is 18.9. The lowest BCUT2D eigenvalue weighted by Gasteiger charge is -2.25. The van der Waals surface area contributed by atoms with Crippen LogP contribution in [0.4, 0.5) is 0 Å². The molecule has 5 heteroatoms. The summed E-state index contributed by atoms with van der Waals surface area (Å²) in [5.74, 6) is 1.44. The lowest BCUT2D eigenvalue weighted by molar-refractivity contribution is 0.315. The molecule has 0 aromatic carbocycles. The quantitative estimate of drug-likeness (QED) is 0.456. The number of guanidine groups is 1. The molecule has 1 rings (SSSR count). The largest absolute Gasteiger partial charge is 0.370 e. The minimum atomic E-state index is 0. The van der Waals surface area contributed by atoms with E-state index in [1.165, 1.54) is 19.3 Å². The molecule has 1 aliphatic rings. The number of aliphatic imine (C=N–C) groups is 1. The van der Waals surface area contributed by atoms with Gasteiger partial charge in [0.1, 0.15) is 0 Å². The Labute approximate surface area is 114 Å². The SMILES string of the molecule is CSC(C)CN=C(N)NCC1CCC1.I. The Bertz CT molecular complexity index is 195. The summed E-state index contributed by atoms with van der Waals surface area (Å²) < 4.78 is 0. The first-order valence-corrected chi connectivity index (χ1v) is 6.57. The summed E-state index contributed by atoms with van der Waals surface area (Å²) in [4.78, 5) is 4.29. The van der Waals surface area contributed by atoms with E-state index in [0.717, 1.165) is 19.0 Å². The van der Waals surface area contributed by atoms with Crippen LogP contribution in [0.25, 0.3) is 0 Å². The monoisotopic (exact) mass is 343 g/mol. The third kappa shape index (κ3) is 6.50. The van der Waals surface area contributed by atoms with Crippen molar-refractivity contribution in [1.29, 1.82) is 0 Å². The van der Waals surface area contributed by atoms with Crippen LogP contribution in [0, 0.1) is 5.92 Å². The molecule has 1 aliphatic carbocycles. The van der Waals surface area contributed by atoms with Crippen molar-refractivity contribution in [3.05, 3.63) is 0 Å². The van der Waals surface area contributed by atoms with E-state index in [-0.39, 0.29) is 24.0 Å². The Balaban J connectivity index is 0.00000196. The van der Waals surface area contributed by atoms with Crippen LogP contribution in [0.5, 0.6) is 0 Å². The number of thioether (sulfide) groups is 1. The van der Waals surface area contributed by atoms with Gasteiger partial charge in [0.05, 0.1) is 6.54 Å². The van der Waals surface area contributed by atoms with Crippen LogP contribution in [0.1, 0.15) is 26.2 Å². The number of halogens is 1. The van der Waals surface area contributed by atoms with Gasteiger partial charge in [-0.05, 0) is 25.0 Å². The van der Waals surface area contributed by atoms with Gasteiger partial charge in [0, 0.05) is 11.8 Å². The van der Waals surface area contributed by atoms with Crippen molar-refractivity contribution < 1.29 is 0 Å². The molecule has 1 saturated carbocycles. The summed E-state index contributed by atoms with van der Waals surface area (Å²) in [7, 11) is 0. The highest BCUT2D eigenvalue weighted by molar-refractivity contribution is 14.0. The average Bonchev–Trinajstić information content (AvgIpc) is 2.11. The molecule has 0 aromatic heterocycles. The van der Waals surface area contributed by atoms with Crippen molar-refractivity contribution in [2.24, 2.45) is 16.6 Å². The maximum Gasteiger partial charge on any atom is 0.188 e. The molecule has 0 saturated heterocycles. The van der Waals surface area contributed by atoms with Crippen LogP contribution in [0.2, 0.25) is 0 Å². The minimum Gasteiger partial charge on any atom is -0.370 e. The first-order chi connectivity index (χ1) is 6.72. The summed E-state index contributed by atoms with van der Waals surface area (Å²) in [5.41, 5.74) is 5.73. The van der Waals surface area contributed by atoms with Crippen molar-refractivity contribution in [3.8, 4) is 0 Å². The van der Waals surface area contributed by atoms with Crippen molar-refractivity contribution in [2.75, 3.05) is 19.3 Å². The lowest BCUT2D eigenvalue weighted by atomic mass is 9.85. The maximum absolute atomic E-state index is 5.73. The van der Waals surface area contributed by atoms with Crippen molar-refractivity contribution >= 4 is 41.7 Å². The van der Waals surface area contributed by atoms with Gasteiger partial charge in [-0.15, -0.1) is 24.0 Å². The Morgan fingerprint density at radius 1 is 1.60 bits per heavy atom. The first-order valence-electron chi connectivity index (χ1n) is 5.29. The van der Waals surface area contributed by atoms with E-state index >= 15 is 0 Å². The Hall–Kier alpha value is 0.350. The molecule has 0 aliphatic heterocycles. The van der Waals surface area contributed by atoms with E-state index in [9.17, 15) is 0 Å². The Morgan fingerprint density at radius 2 is 2.27 bits per heavy atom. The summed E-state index contributed by atoms with van der Waals surface area (Å²) >= 11 is 1.82. The van der Waals surface area contributed by atoms with Crippen LogP contribution in [-0.4, -0.2) is 30.6 Å². The van der Waals surface area contributed by atoms with Crippen LogP contribution in [0.3, 0.4) is 0 Å². The van der Waals surface area contributed by atoms with Gasteiger partial charge in [0.15, 0.2) is 5.96 Å². The number of hydrogen-bond acceptors (Lipinski definition) is 2. The van der Waals surface area contributed by atoms with Crippen molar-refractivity contribution in [1.82, 2.24) is 5.32 Å². The molecule has 3 nitrogen and oxygen atoms in total. The number of hydrogen-bond donors (Lipinski definition) is 2. The second-order valence-electron chi connectivity index (χ2n) is 3.95. The zero-order chi connectivity index (χ0) is 10.4. The van der Waals surface area contributed by atoms with Gasteiger partial charge in [0.25, 0.3) is 0 Å². The molecule has 0 heterocycles. The molecule has 0 radical (unpaired) electrons. The molecule has 15 heavy (non-hydrogen) atoms. The van der Waals surface area contributed by atoms with Crippen molar-refractivity contribution in [2.45, 2.75) is 31.4 Å². The van der Waals surface area contributed by atoms with E-state index in [1.54, 1.807) is 0 Å². The highest BCUT2D eigenvalue weighted by Crippen LogP contribution is 2.24. The van der Waals surface area contributed by atoms with Crippen LogP contribution in [0.15, 0.2) is 4.99 Å². The smallest absolute Gasteiger partial charge is 0.188 e. The van der Waals surface area contributed by atoms with Gasteiger partial charge in [-0.1, -0.05) is 13.3 Å². The molecule has 90 valence electrons. The molecule has 0 spiro atoms. The molecule has 0 aromatic rings. The Kier molecular flexibility index (Phi) is 8.69. The van der Waals surface area contributed by atoms with Gasteiger partial charge in [0.2, 0.25) is 0 Å². The highest BCUT2D eigenvalue weighted by atomic mass is 127. The fourth-order valence-electron chi connectivity index (χ4n) is 1.30. The second kappa shape index (κ2) is 8.50. The molecule has 1 unspecified atom stereocenters. The highest BCUT2D eigenvalue weighted by Gasteiger charge is 2.16. The average molecular weight is 343 g/mol. The van der Waals surface area contributed by atoms with Gasteiger partial charge < -0.3 is 11.1 Å². The second-order valence-corrected chi connectivity index (χ2v) is 5.23. The number of rotatable bonds is 5. The van der Waals surface area contributed by atoms with E-state index < -0.39 is 0 Å². The van der Waals surface area contributed by atoms with E-state index in [4.69, 9.17) is 5.73 Å². The van der Waals surface area contributed by atoms with E-state index in [2.05, 4.69) is 23.5 Å². The van der Waals surface area contributed by atoms with Crippen LogP contribution >= 0.6 is 35.7 Å². The van der Waals surface area contributed by atoms with Crippen LogP contribution in [-0.2, 0) is 0 Å². The molecule has 3 N–H and O–H groups in total. The topological polar surface area (TPSA) is 50.4 Å². The third-order valence-electron chi connectivity index (χ3n) is 2.72. The number of nitrogens with one attached hydrogen (secondary N) is 1. The summed E-state index contributed by atoms with van der Waals surface area (Å²) in [6, 6.07) is 0. The molecule has 1 fully saturated rings. The molecular formula is C10H22IN3S. The summed E-state index contributed by atoms with van der Waals surface area (Å²) in [6.45, 7) is 3.97. The molecule has 0 bridgehead atoms. The summed E-state index contributed by atoms with van der Waals surface area (Å²) in [6.07, 6.45) is 6.17.